The van der Waals surface area contributed by atoms with Crippen LogP contribution in [0.25, 0.3) is 0 Å². The van der Waals surface area contributed by atoms with Crippen LogP contribution in [0.2, 0.25) is 0 Å². The SMILES string of the molecule is CCCCCCCCCCCC(=O)C1CCC(CC)CC1. The number of rotatable bonds is 12. The fraction of sp³-hybridized carbons (Fsp3) is 0.950. The number of Topliss-reactive ketones (excluding diaryl/α,β-unsaturated/α-hetero) is 1. The first kappa shape index (κ1) is 18.7. The molecule has 0 aromatic carbocycles. The topological polar surface area (TPSA) is 17.1 Å². The van der Waals surface area contributed by atoms with Gasteiger partial charge in [-0.05, 0) is 38.0 Å². The summed E-state index contributed by atoms with van der Waals surface area (Å²) >= 11 is 0. The Bertz CT molecular complexity index is 251. The molecule has 0 bridgehead atoms. The van der Waals surface area contributed by atoms with Crippen LogP contribution in [0.3, 0.4) is 0 Å². The molecular formula is C20H38O. The van der Waals surface area contributed by atoms with Gasteiger partial charge in [-0.1, -0.05) is 71.6 Å². The molecular weight excluding hydrogens is 256 g/mol. The first-order valence-electron chi connectivity index (χ1n) is 9.80. The van der Waals surface area contributed by atoms with E-state index in [1.54, 1.807) is 0 Å². The van der Waals surface area contributed by atoms with Gasteiger partial charge in [0.05, 0.1) is 0 Å². The zero-order valence-electron chi connectivity index (χ0n) is 14.7. The molecule has 0 spiro atoms. The van der Waals surface area contributed by atoms with Gasteiger partial charge in [0.1, 0.15) is 5.78 Å². The van der Waals surface area contributed by atoms with E-state index in [0.717, 1.165) is 18.8 Å². The van der Waals surface area contributed by atoms with Crippen molar-refractivity contribution in [1.29, 1.82) is 0 Å². The second kappa shape index (κ2) is 12.2. The molecule has 1 rings (SSSR count). The van der Waals surface area contributed by atoms with Crippen LogP contribution in [-0.4, -0.2) is 5.78 Å². The van der Waals surface area contributed by atoms with Gasteiger partial charge in [0.2, 0.25) is 0 Å². The van der Waals surface area contributed by atoms with Crippen molar-refractivity contribution in [3.63, 3.8) is 0 Å². The lowest BCUT2D eigenvalue weighted by Crippen LogP contribution is -2.21. The molecule has 0 saturated heterocycles. The summed E-state index contributed by atoms with van der Waals surface area (Å²) in [5.74, 6) is 1.90. The average Bonchev–Trinajstić information content (AvgIpc) is 2.53. The Balaban J connectivity index is 1.92. The van der Waals surface area contributed by atoms with E-state index in [0.29, 0.717) is 11.7 Å². The minimum Gasteiger partial charge on any atom is -0.299 e. The third-order valence-corrected chi connectivity index (χ3v) is 5.41. The Morgan fingerprint density at radius 1 is 0.762 bits per heavy atom. The quantitative estimate of drug-likeness (QED) is 0.366. The summed E-state index contributed by atoms with van der Waals surface area (Å²) in [7, 11) is 0. The van der Waals surface area contributed by atoms with E-state index in [9.17, 15) is 4.79 Å². The summed E-state index contributed by atoms with van der Waals surface area (Å²) in [5, 5.41) is 0. The van der Waals surface area contributed by atoms with E-state index in [2.05, 4.69) is 13.8 Å². The summed E-state index contributed by atoms with van der Waals surface area (Å²) in [4.78, 5) is 12.2. The van der Waals surface area contributed by atoms with E-state index in [1.165, 1.54) is 83.5 Å². The van der Waals surface area contributed by atoms with Gasteiger partial charge in [-0.15, -0.1) is 0 Å². The maximum atomic E-state index is 12.2. The fourth-order valence-electron chi connectivity index (χ4n) is 3.71. The number of ketones is 1. The predicted octanol–water partition coefficient (Wildman–Crippen LogP) is 6.69. The van der Waals surface area contributed by atoms with Crippen molar-refractivity contribution < 1.29 is 4.79 Å². The number of unbranched alkanes of at least 4 members (excludes halogenated alkanes) is 8. The summed E-state index contributed by atoms with van der Waals surface area (Å²) in [6.07, 6.45) is 19.2. The lowest BCUT2D eigenvalue weighted by atomic mass is 9.78. The van der Waals surface area contributed by atoms with E-state index in [1.807, 2.05) is 0 Å². The van der Waals surface area contributed by atoms with Gasteiger partial charge < -0.3 is 0 Å². The van der Waals surface area contributed by atoms with Crippen LogP contribution in [0.1, 0.15) is 110 Å². The minimum atomic E-state index is 0.418. The van der Waals surface area contributed by atoms with Gasteiger partial charge in [0, 0.05) is 12.3 Å². The van der Waals surface area contributed by atoms with Gasteiger partial charge in [0.25, 0.3) is 0 Å². The third-order valence-electron chi connectivity index (χ3n) is 5.41. The van der Waals surface area contributed by atoms with Crippen LogP contribution in [0, 0.1) is 11.8 Å². The molecule has 0 aliphatic heterocycles. The average molecular weight is 295 g/mol. The van der Waals surface area contributed by atoms with Crippen molar-refractivity contribution in [3.05, 3.63) is 0 Å². The molecule has 1 fully saturated rings. The van der Waals surface area contributed by atoms with Gasteiger partial charge in [0.15, 0.2) is 0 Å². The number of carbonyl (C=O) groups excluding carboxylic acids is 1. The van der Waals surface area contributed by atoms with Gasteiger partial charge >= 0.3 is 0 Å². The highest BCUT2D eigenvalue weighted by molar-refractivity contribution is 5.80. The maximum absolute atomic E-state index is 12.2. The first-order valence-corrected chi connectivity index (χ1v) is 9.80. The van der Waals surface area contributed by atoms with Crippen molar-refractivity contribution in [2.24, 2.45) is 11.8 Å². The summed E-state index contributed by atoms with van der Waals surface area (Å²) < 4.78 is 0. The summed E-state index contributed by atoms with van der Waals surface area (Å²) in [5.41, 5.74) is 0. The monoisotopic (exact) mass is 294 g/mol. The van der Waals surface area contributed by atoms with Crippen LogP contribution in [0.4, 0.5) is 0 Å². The Hall–Kier alpha value is -0.330. The van der Waals surface area contributed by atoms with Crippen LogP contribution in [0.5, 0.6) is 0 Å². The second-order valence-corrected chi connectivity index (χ2v) is 7.17. The highest BCUT2D eigenvalue weighted by Gasteiger charge is 2.24. The minimum absolute atomic E-state index is 0.418. The summed E-state index contributed by atoms with van der Waals surface area (Å²) in [6, 6.07) is 0. The normalized spacial score (nSPS) is 22.4. The van der Waals surface area contributed by atoms with Crippen molar-refractivity contribution in [2.75, 3.05) is 0 Å². The van der Waals surface area contributed by atoms with Gasteiger partial charge in [-0.3, -0.25) is 4.79 Å². The van der Waals surface area contributed by atoms with E-state index in [4.69, 9.17) is 0 Å². The van der Waals surface area contributed by atoms with Crippen LogP contribution >= 0.6 is 0 Å². The van der Waals surface area contributed by atoms with Gasteiger partial charge in [-0.25, -0.2) is 0 Å². The molecule has 0 atom stereocenters. The molecule has 1 aliphatic rings. The fourth-order valence-corrected chi connectivity index (χ4v) is 3.71. The number of hydrogen-bond donors (Lipinski definition) is 0. The Morgan fingerprint density at radius 3 is 1.81 bits per heavy atom. The van der Waals surface area contributed by atoms with E-state index in [-0.39, 0.29) is 0 Å². The molecule has 0 heterocycles. The molecule has 1 saturated carbocycles. The van der Waals surface area contributed by atoms with E-state index < -0.39 is 0 Å². The Kier molecular flexibility index (Phi) is 10.9. The maximum Gasteiger partial charge on any atom is 0.135 e. The van der Waals surface area contributed by atoms with Gasteiger partial charge in [-0.2, -0.15) is 0 Å². The number of carbonyl (C=O) groups is 1. The lowest BCUT2D eigenvalue weighted by molar-refractivity contribution is -0.124. The Morgan fingerprint density at radius 2 is 1.29 bits per heavy atom. The van der Waals surface area contributed by atoms with Crippen molar-refractivity contribution >= 4 is 5.78 Å². The first-order chi connectivity index (χ1) is 10.3. The van der Waals surface area contributed by atoms with Crippen molar-refractivity contribution in [3.8, 4) is 0 Å². The smallest absolute Gasteiger partial charge is 0.135 e. The lowest BCUT2D eigenvalue weighted by Gasteiger charge is -2.26. The molecule has 0 radical (unpaired) electrons. The molecule has 0 N–H and O–H groups in total. The number of hydrogen-bond acceptors (Lipinski definition) is 1. The Labute approximate surface area is 133 Å². The molecule has 1 aliphatic carbocycles. The molecule has 0 unspecified atom stereocenters. The zero-order chi connectivity index (χ0) is 15.3. The second-order valence-electron chi connectivity index (χ2n) is 7.17. The summed E-state index contributed by atoms with van der Waals surface area (Å²) in [6.45, 7) is 4.56. The standard InChI is InChI=1S/C20H38O/c1-3-5-6-7-8-9-10-11-12-13-20(21)19-16-14-18(4-2)15-17-19/h18-19H,3-17H2,1-2H3. The highest BCUT2D eigenvalue weighted by atomic mass is 16.1. The van der Waals surface area contributed by atoms with Crippen LogP contribution in [0.15, 0.2) is 0 Å². The van der Waals surface area contributed by atoms with Crippen LogP contribution < -0.4 is 0 Å². The molecule has 0 aromatic rings. The van der Waals surface area contributed by atoms with Crippen LogP contribution in [-0.2, 0) is 4.79 Å². The molecule has 21 heavy (non-hydrogen) atoms. The van der Waals surface area contributed by atoms with Crippen molar-refractivity contribution in [1.82, 2.24) is 0 Å². The zero-order valence-corrected chi connectivity index (χ0v) is 14.7. The van der Waals surface area contributed by atoms with Crippen molar-refractivity contribution in [2.45, 2.75) is 110 Å². The van der Waals surface area contributed by atoms with E-state index >= 15 is 0 Å². The molecule has 0 aromatic heterocycles. The highest BCUT2D eigenvalue weighted by Crippen LogP contribution is 2.31. The molecule has 1 nitrogen and oxygen atoms in total. The largest absolute Gasteiger partial charge is 0.299 e. The molecule has 1 heteroatoms. The predicted molar refractivity (Wildman–Crippen MR) is 92.6 cm³/mol. The third kappa shape index (κ3) is 8.63. The molecule has 124 valence electrons. The molecule has 0 amide bonds.